The highest BCUT2D eigenvalue weighted by atomic mass is 16.2. The standard InChI is InChI=1S/C21H26N4O/c1-15(16-6-4-3-5-7-16)21(26)25-11-8-17(14-25)20-22-12-18-13-24(2)10-9-19(18)23-20/h3-7,12,15,17H,8-11,13-14H2,1-2H3/t15-,17-/m1/s1. The van der Waals surface area contributed by atoms with Crippen LogP contribution in [0.2, 0.25) is 0 Å². The molecule has 0 saturated carbocycles. The van der Waals surface area contributed by atoms with Gasteiger partial charge in [0, 0.05) is 56.0 Å². The highest BCUT2D eigenvalue weighted by Gasteiger charge is 2.32. The third-order valence-electron chi connectivity index (χ3n) is 5.68. The Balaban J connectivity index is 1.44. The van der Waals surface area contributed by atoms with Gasteiger partial charge in [-0.1, -0.05) is 30.3 Å². The molecule has 5 nitrogen and oxygen atoms in total. The van der Waals surface area contributed by atoms with Crippen molar-refractivity contribution in [2.24, 2.45) is 0 Å². The Kier molecular flexibility index (Phi) is 4.72. The van der Waals surface area contributed by atoms with E-state index in [1.807, 2.05) is 48.4 Å². The van der Waals surface area contributed by atoms with Crippen LogP contribution >= 0.6 is 0 Å². The fourth-order valence-corrected chi connectivity index (χ4v) is 4.00. The van der Waals surface area contributed by atoms with E-state index in [2.05, 4.69) is 16.9 Å². The highest BCUT2D eigenvalue weighted by molar-refractivity contribution is 5.83. The molecule has 1 fully saturated rings. The summed E-state index contributed by atoms with van der Waals surface area (Å²) in [4.78, 5) is 26.6. The largest absolute Gasteiger partial charge is 0.341 e. The zero-order valence-corrected chi connectivity index (χ0v) is 15.6. The SMILES string of the molecule is C[C@@H](C(=O)N1CC[C@@H](c2ncc3c(n2)CCN(C)C3)C1)c1ccccc1. The van der Waals surface area contributed by atoms with Crippen LogP contribution < -0.4 is 0 Å². The van der Waals surface area contributed by atoms with Crippen molar-refractivity contribution in [2.45, 2.75) is 38.1 Å². The van der Waals surface area contributed by atoms with E-state index in [1.54, 1.807) is 0 Å². The van der Waals surface area contributed by atoms with Gasteiger partial charge in [0.2, 0.25) is 5.91 Å². The Morgan fingerprint density at radius 2 is 2.04 bits per heavy atom. The Morgan fingerprint density at radius 3 is 2.85 bits per heavy atom. The predicted octanol–water partition coefficient (Wildman–Crippen LogP) is 2.58. The molecule has 4 rings (SSSR count). The number of carbonyl (C=O) groups excluding carboxylic acids is 1. The second kappa shape index (κ2) is 7.16. The lowest BCUT2D eigenvalue weighted by molar-refractivity contribution is -0.131. The molecule has 1 aromatic heterocycles. The van der Waals surface area contributed by atoms with Crippen LogP contribution in [-0.2, 0) is 17.8 Å². The topological polar surface area (TPSA) is 49.3 Å². The number of hydrogen-bond acceptors (Lipinski definition) is 4. The molecule has 5 heteroatoms. The first kappa shape index (κ1) is 17.2. The first-order valence-corrected chi connectivity index (χ1v) is 9.49. The van der Waals surface area contributed by atoms with E-state index in [1.165, 1.54) is 11.3 Å². The van der Waals surface area contributed by atoms with Crippen LogP contribution in [0.25, 0.3) is 0 Å². The maximum atomic E-state index is 12.9. The second-order valence-electron chi connectivity index (χ2n) is 7.59. The smallest absolute Gasteiger partial charge is 0.229 e. The molecule has 1 saturated heterocycles. The van der Waals surface area contributed by atoms with Crippen LogP contribution in [0.15, 0.2) is 36.5 Å². The van der Waals surface area contributed by atoms with Gasteiger partial charge >= 0.3 is 0 Å². The quantitative estimate of drug-likeness (QED) is 0.854. The average Bonchev–Trinajstić information content (AvgIpc) is 3.17. The Labute approximate surface area is 155 Å². The van der Waals surface area contributed by atoms with Gasteiger partial charge in [-0.25, -0.2) is 9.97 Å². The zero-order valence-electron chi connectivity index (χ0n) is 15.6. The number of benzene rings is 1. The minimum Gasteiger partial charge on any atom is -0.341 e. The molecule has 0 spiro atoms. The first-order chi connectivity index (χ1) is 12.6. The molecule has 136 valence electrons. The lowest BCUT2D eigenvalue weighted by atomic mass is 10.00. The molecule has 0 radical (unpaired) electrons. The highest BCUT2D eigenvalue weighted by Crippen LogP contribution is 2.29. The van der Waals surface area contributed by atoms with Crippen molar-refractivity contribution >= 4 is 5.91 Å². The molecule has 1 aromatic carbocycles. The maximum Gasteiger partial charge on any atom is 0.229 e. The van der Waals surface area contributed by atoms with E-state index in [-0.39, 0.29) is 17.7 Å². The fraction of sp³-hybridized carbons (Fsp3) is 0.476. The molecule has 0 N–H and O–H groups in total. The van der Waals surface area contributed by atoms with Crippen LogP contribution in [0.4, 0.5) is 0 Å². The van der Waals surface area contributed by atoms with Gasteiger partial charge in [-0.3, -0.25) is 4.79 Å². The minimum atomic E-state index is -0.102. The van der Waals surface area contributed by atoms with E-state index in [4.69, 9.17) is 4.98 Å². The summed E-state index contributed by atoms with van der Waals surface area (Å²) in [6, 6.07) is 10.0. The molecular weight excluding hydrogens is 324 g/mol. The van der Waals surface area contributed by atoms with Gasteiger partial charge in [-0.2, -0.15) is 0 Å². The van der Waals surface area contributed by atoms with Crippen LogP contribution in [0.3, 0.4) is 0 Å². The van der Waals surface area contributed by atoms with Gasteiger partial charge in [0.25, 0.3) is 0 Å². The average molecular weight is 350 g/mol. The molecule has 2 aliphatic heterocycles. The normalized spacial score (nSPS) is 21.5. The van der Waals surface area contributed by atoms with Gasteiger partial charge in [0.05, 0.1) is 5.92 Å². The molecule has 3 heterocycles. The van der Waals surface area contributed by atoms with Crippen molar-refractivity contribution in [3.05, 3.63) is 59.2 Å². The lowest BCUT2D eigenvalue weighted by Crippen LogP contribution is -2.32. The summed E-state index contributed by atoms with van der Waals surface area (Å²) in [6.45, 7) is 5.50. The Bertz CT molecular complexity index is 792. The van der Waals surface area contributed by atoms with Crippen molar-refractivity contribution in [3.63, 3.8) is 0 Å². The molecule has 0 unspecified atom stereocenters. The summed E-state index contributed by atoms with van der Waals surface area (Å²) >= 11 is 0. The minimum absolute atomic E-state index is 0.102. The summed E-state index contributed by atoms with van der Waals surface area (Å²) in [5.41, 5.74) is 3.51. The van der Waals surface area contributed by atoms with Crippen LogP contribution in [0.1, 0.15) is 47.8 Å². The number of aromatic nitrogens is 2. The molecule has 26 heavy (non-hydrogen) atoms. The van der Waals surface area contributed by atoms with E-state index in [0.717, 1.165) is 50.4 Å². The summed E-state index contributed by atoms with van der Waals surface area (Å²) < 4.78 is 0. The van der Waals surface area contributed by atoms with E-state index in [0.29, 0.717) is 0 Å². The summed E-state index contributed by atoms with van der Waals surface area (Å²) in [5, 5.41) is 0. The van der Waals surface area contributed by atoms with Gasteiger partial charge in [-0.05, 0) is 26.0 Å². The molecule has 0 aliphatic carbocycles. The number of carbonyl (C=O) groups is 1. The van der Waals surface area contributed by atoms with E-state index in [9.17, 15) is 4.79 Å². The van der Waals surface area contributed by atoms with Crippen LogP contribution in [0.5, 0.6) is 0 Å². The number of rotatable bonds is 3. The number of hydrogen-bond donors (Lipinski definition) is 0. The monoisotopic (exact) mass is 350 g/mol. The van der Waals surface area contributed by atoms with Crippen molar-refractivity contribution < 1.29 is 4.79 Å². The lowest BCUT2D eigenvalue weighted by Gasteiger charge is -2.24. The van der Waals surface area contributed by atoms with E-state index < -0.39 is 0 Å². The maximum absolute atomic E-state index is 12.9. The third-order valence-corrected chi connectivity index (χ3v) is 5.68. The second-order valence-corrected chi connectivity index (χ2v) is 7.59. The number of likely N-dealkylation sites (N-methyl/N-ethyl adjacent to an activating group) is 1. The van der Waals surface area contributed by atoms with Crippen LogP contribution in [0, 0.1) is 0 Å². The van der Waals surface area contributed by atoms with Crippen LogP contribution in [-0.4, -0.2) is 52.4 Å². The summed E-state index contributed by atoms with van der Waals surface area (Å²) in [6.07, 6.45) is 3.93. The molecule has 0 bridgehead atoms. The van der Waals surface area contributed by atoms with E-state index >= 15 is 0 Å². The summed E-state index contributed by atoms with van der Waals surface area (Å²) in [7, 11) is 2.13. The fourth-order valence-electron chi connectivity index (χ4n) is 4.00. The summed E-state index contributed by atoms with van der Waals surface area (Å²) in [5.74, 6) is 1.27. The van der Waals surface area contributed by atoms with Crippen molar-refractivity contribution in [3.8, 4) is 0 Å². The molecule has 2 atom stereocenters. The molecule has 2 aromatic rings. The van der Waals surface area contributed by atoms with Crippen molar-refractivity contribution in [1.29, 1.82) is 0 Å². The molecule has 2 aliphatic rings. The molecular formula is C21H26N4O. The number of nitrogens with zero attached hydrogens (tertiary/aromatic N) is 4. The first-order valence-electron chi connectivity index (χ1n) is 9.49. The molecule has 1 amide bonds. The predicted molar refractivity (Wildman–Crippen MR) is 101 cm³/mol. The Morgan fingerprint density at radius 1 is 1.23 bits per heavy atom. The van der Waals surface area contributed by atoms with Crippen molar-refractivity contribution in [2.75, 3.05) is 26.7 Å². The van der Waals surface area contributed by atoms with Gasteiger partial charge in [-0.15, -0.1) is 0 Å². The van der Waals surface area contributed by atoms with Crippen molar-refractivity contribution in [1.82, 2.24) is 19.8 Å². The number of amides is 1. The third kappa shape index (κ3) is 3.36. The van der Waals surface area contributed by atoms with Gasteiger partial charge in [0.1, 0.15) is 5.82 Å². The number of likely N-dealkylation sites (tertiary alicyclic amines) is 1. The van der Waals surface area contributed by atoms with Gasteiger partial charge < -0.3 is 9.80 Å². The zero-order chi connectivity index (χ0) is 18.1. The number of fused-ring (bicyclic) bond motifs is 1. The Hall–Kier alpha value is -2.27. The van der Waals surface area contributed by atoms with Gasteiger partial charge in [0.15, 0.2) is 0 Å².